The molecule has 0 radical (unpaired) electrons. The monoisotopic (exact) mass is 420 g/mol. The van der Waals surface area contributed by atoms with E-state index in [1.54, 1.807) is 17.0 Å². The lowest BCUT2D eigenvalue weighted by Gasteiger charge is -2.31. The number of nitrogens with one attached hydrogen (secondary N) is 1. The smallest absolute Gasteiger partial charge is 0.263 e. The number of benzene rings is 2. The van der Waals surface area contributed by atoms with Crippen LogP contribution in [0.15, 0.2) is 41.3 Å². The maximum Gasteiger partial charge on any atom is 0.263 e. The Morgan fingerprint density at radius 2 is 1.93 bits per heavy atom. The highest BCUT2D eigenvalue weighted by molar-refractivity contribution is 7.92. The lowest BCUT2D eigenvalue weighted by molar-refractivity contribution is 0.0683. The van der Waals surface area contributed by atoms with Gasteiger partial charge in [-0.25, -0.2) is 8.42 Å². The van der Waals surface area contributed by atoms with Crippen LogP contribution in [-0.4, -0.2) is 32.3 Å². The van der Waals surface area contributed by atoms with Crippen molar-refractivity contribution in [1.29, 1.82) is 0 Å². The van der Waals surface area contributed by atoms with E-state index in [1.807, 2.05) is 26.0 Å². The summed E-state index contributed by atoms with van der Waals surface area (Å²) in [5, 5.41) is 0.0846. The summed E-state index contributed by atoms with van der Waals surface area (Å²) < 4.78 is 28.5. The highest BCUT2D eigenvalue weighted by atomic mass is 35.5. The molecule has 1 saturated heterocycles. The van der Waals surface area contributed by atoms with E-state index in [-0.39, 0.29) is 15.8 Å². The SMILES string of the molecule is Cc1ccc(C)c(NS(=O)(=O)c2cc(C(=O)N3CCC[C@H](C)C3)ccc2Cl)c1. The number of hydrogen-bond acceptors (Lipinski definition) is 3. The Labute approximate surface area is 171 Å². The van der Waals surface area contributed by atoms with Crippen molar-refractivity contribution >= 4 is 33.2 Å². The van der Waals surface area contributed by atoms with E-state index >= 15 is 0 Å². The summed E-state index contributed by atoms with van der Waals surface area (Å²) in [6, 6.07) is 9.97. The van der Waals surface area contributed by atoms with Gasteiger partial charge < -0.3 is 4.90 Å². The van der Waals surface area contributed by atoms with Gasteiger partial charge in [-0.2, -0.15) is 0 Å². The molecule has 1 heterocycles. The van der Waals surface area contributed by atoms with Gasteiger partial charge >= 0.3 is 0 Å². The molecule has 5 nitrogen and oxygen atoms in total. The number of aryl methyl sites for hydroxylation is 2. The molecule has 0 spiro atoms. The number of piperidine rings is 1. The van der Waals surface area contributed by atoms with Crippen molar-refractivity contribution < 1.29 is 13.2 Å². The van der Waals surface area contributed by atoms with Gasteiger partial charge in [0.05, 0.1) is 10.7 Å². The zero-order valence-corrected chi connectivity index (χ0v) is 17.9. The highest BCUT2D eigenvalue weighted by Crippen LogP contribution is 2.28. The molecule has 0 bridgehead atoms. The molecular weight excluding hydrogens is 396 g/mol. The van der Waals surface area contributed by atoms with Gasteiger partial charge in [0.2, 0.25) is 0 Å². The van der Waals surface area contributed by atoms with Gasteiger partial charge in [-0.3, -0.25) is 9.52 Å². The molecule has 0 aliphatic carbocycles. The van der Waals surface area contributed by atoms with Crippen LogP contribution in [-0.2, 0) is 10.0 Å². The minimum Gasteiger partial charge on any atom is -0.338 e. The molecule has 0 aromatic heterocycles. The number of anilines is 1. The fraction of sp³-hybridized carbons (Fsp3) is 0.381. The second-order valence-electron chi connectivity index (χ2n) is 7.57. The summed E-state index contributed by atoms with van der Waals surface area (Å²) in [6.45, 7) is 7.21. The van der Waals surface area contributed by atoms with Crippen LogP contribution in [0.1, 0.15) is 41.3 Å². The predicted octanol–water partition coefficient (Wildman–Crippen LogP) is 4.63. The third-order valence-electron chi connectivity index (χ3n) is 5.05. The lowest BCUT2D eigenvalue weighted by atomic mass is 9.99. The Bertz CT molecular complexity index is 1000. The fourth-order valence-corrected chi connectivity index (χ4v) is 5.09. The van der Waals surface area contributed by atoms with E-state index in [1.165, 1.54) is 12.1 Å². The summed E-state index contributed by atoms with van der Waals surface area (Å²) in [4.78, 5) is 14.6. The average Bonchev–Trinajstić information content (AvgIpc) is 2.64. The summed E-state index contributed by atoms with van der Waals surface area (Å²) >= 11 is 6.19. The molecule has 1 atom stereocenters. The summed E-state index contributed by atoms with van der Waals surface area (Å²) in [5.41, 5.74) is 2.58. The van der Waals surface area contributed by atoms with Crippen molar-refractivity contribution in [3.8, 4) is 0 Å². The molecule has 28 heavy (non-hydrogen) atoms. The van der Waals surface area contributed by atoms with Gasteiger partial charge in [-0.1, -0.05) is 30.7 Å². The third kappa shape index (κ3) is 4.50. The third-order valence-corrected chi connectivity index (χ3v) is 6.90. The number of hydrogen-bond donors (Lipinski definition) is 1. The van der Waals surface area contributed by atoms with Gasteiger partial charge in [0.1, 0.15) is 4.90 Å². The minimum absolute atomic E-state index is 0.0846. The maximum absolute atomic E-state index is 13.0. The van der Waals surface area contributed by atoms with E-state index in [0.717, 1.165) is 24.0 Å². The quantitative estimate of drug-likeness (QED) is 0.784. The number of rotatable bonds is 4. The molecule has 1 N–H and O–H groups in total. The molecule has 2 aromatic carbocycles. The second-order valence-corrected chi connectivity index (χ2v) is 9.63. The molecule has 1 aliphatic rings. The predicted molar refractivity (Wildman–Crippen MR) is 112 cm³/mol. The number of halogens is 1. The van der Waals surface area contributed by atoms with Crippen LogP contribution in [0.25, 0.3) is 0 Å². The van der Waals surface area contributed by atoms with E-state index in [0.29, 0.717) is 30.3 Å². The number of nitrogens with zero attached hydrogens (tertiary/aromatic N) is 1. The maximum atomic E-state index is 13.0. The summed E-state index contributed by atoms with van der Waals surface area (Å²) in [5.74, 6) is 0.283. The van der Waals surface area contributed by atoms with Gasteiger partial charge in [0.25, 0.3) is 15.9 Å². The molecule has 150 valence electrons. The molecule has 7 heteroatoms. The van der Waals surface area contributed by atoms with Crippen molar-refractivity contribution in [3.05, 3.63) is 58.1 Å². The number of likely N-dealkylation sites (tertiary alicyclic amines) is 1. The normalized spacial score (nSPS) is 17.4. The van der Waals surface area contributed by atoms with E-state index in [9.17, 15) is 13.2 Å². The highest BCUT2D eigenvalue weighted by Gasteiger charge is 2.25. The van der Waals surface area contributed by atoms with Crippen molar-refractivity contribution in [1.82, 2.24) is 4.90 Å². The zero-order chi connectivity index (χ0) is 20.5. The Kier molecular flexibility index (Phi) is 6.01. The van der Waals surface area contributed by atoms with Crippen LogP contribution in [0.2, 0.25) is 5.02 Å². The van der Waals surface area contributed by atoms with Crippen LogP contribution in [0.4, 0.5) is 5.69 Å². The van der Waals surface area contributed by atoms with Crippen LogP contribution in [0.5, 0.6) is 0 Å². The number of carbonyl (C=O) groups is 1. The first-order chi connectivity index (χ1) is 13.2. The first kappa shape index (κ1) is 20.7. The molecule has 2 aromatic rings. The topological polar surface area (TPSA) is 66.5 Å². The van der Waals surface area contributed by atoms with Crippen LogP contribution in [0, 0.1) is 19.8 Å². The Morgan fingerprint density at radius 1 is 1.18 bits per heavy atom. The second kappa shape index (κ2) is 8.13. The van der Waals surface area contributed by atoms with Crippen molar-refractivity contribution in [2.75, 3.05) is 17.8 Å². The first-order valence-corrected chi connectivity index (χ1v) is 11.2. The van der Waals surface area contributed by atoms with Gasteiger partial charge in [0.15, 0.2) is 0 Å². The lowest BCUT2D eigenvalue weighted by Crippen LogP contribution is -2.39. The summed E-state index contributed by atoms with van der Waals surface area (Å²) in [6.07, 6.45) is 2.06. The van der Waals surface area contributed by atoms with Gasteiger partial charge in [-0.15, -0.1) is 0 Å². The number of sulfonamides is 1. The molecule has 3 rings (SSSR count). The Hall–Kier alpha value is -2.05. The molecule has 1 aliphatic heterocycles. The van der Waals surface area contributed by atoms with Crippen LogP contribution in [0.3, 0.4) is 0 Å². The van der Waals surface area contributed by atoms with Crippen LogP contribution >= 0.6 is 11.6 Å². The van der Waals surface area contributed by atoms with E-state index in [2.05, 4.69) is 11.6 Å². The van der Waals surface area contributed by atoms with Crippen molar-refractivity contribution in [2.24, 2.45) is 5.92 Å². The Balaban J connectivity index is 1.92. The van der Waals surface area contributed by atoms with E-state index in [4.69, 9.17) is 11.6 Å². The largest absolute Gasteiger partial charge is 0.338 e. The summed E-state index contributed by atoms with van der Waals surface area (Å²) in [7, 11) is -3.93. The number of amides is 1. The molecule has 1 fully saturated rings. The minimum atomic E-state index is -3.93. The molecule has 0 unspecified atom stereocenters. The van der Waals surface area contributed by atoms with E-state index < -0.39 is 10.0 Å². The average molecular weight is 421 g/mol. The fourth-order valence-electron chi connectivity index (χ4n) is 3.44. The van der Waals surface area contributed by atoms with Gasteiger partial charge in [0, 0.05) is 18.7 Å². The van der Waals surface area contributed by atoms with Crippen molar-refractivity contribution in [3.63, 3.8) is 0 Å². The standard InChI is InChI=1S/C21H25ClN2O3S/c1-14-6-7-16(3)19(11-14)23-28(26,27)20-12-17(8-9-18(20)22)21(25)24-10-4-5-15(2)13-24/h6-9,11-12,15,23H,4-5,10,13H2,1-3H3/t15-/m0/s1. The zero-order valence-electron chi connectivity index (χ0n) is 16.3. The molecule has 0 saturated carbocycles. The van der Waals surface area contributed by atoms with Crippen molar-refractivity contribution in [2.45, 2.75) is 38.5 Å². The first-order valence-electron chi connectivity index (χ1n) is 9.36. The number of carbonyl (C=O) groups excluding carboxylic acids is 1. The van der Waals surface area contributed by atoms with Gasteiger partial charge in [-0.05, 0) is 68.0 Å². The Morgan fingerprint density at radius 3 is 2.64 bits per heavy atom. The van der Waals surface area contributed by atoms with Crippen LogP contribution < -0.4 is 4.72 Å². The molecular formula is C21H25ClN2O3S. The molecule has 1 amide bonds.